The summed E-state index contributed by atoms with van der Waals surface area (Å²) in [7, 11) is 0. The molecule has 44 heavy (non-hydrogen) atoms. The lowest BCUT2D eigenvalue weighted by Crippen LogP contribution is -2.74. The van der Waals surface area contributed by atoms with Crippen LogP contribution in [0, 0.1) is 0 Å². The molecule has 1 aromatic rings. The quantitative estimate of drug-likeness (QED) is 0.116. The molecule has 2 nitrogen and oxygen atoms in total. The van der Waals surface area contributed by atoms with Crippen LogP contribution in [0.25, 0.3) is 0 Å². The van der Waals surface area contributed by atoms with Crippen LogP contribution in [0.3, 0.4) is 0 Å². The van der Waals surface area contributed by atoms with Crippen molar-refractivity contribution in [2.75, 3.05) is 6.61 Å². The van der Waals surface area contributed by atoms with E-state index in [2.05, 4.69) is 0 Å². The van der Waals surface area contributed by atoms with E-state index in [0.717, 1.165) is 6.42 Å². The Hall–Kier alpha value is -2.37. The van der Waals surface area contributed by atoms with Crippen LogP contribution >= 0.6 is 0 Å². The average Bonchev–Trinajstić information content (AvgIpc) is 2.88. The Morgan fingerprint density at radius 1 is 0.432 bits per heavy atom. The van der Waals surface area contributed by atoms with Gasteiger partial charge in [0.15, 0.2) is 0 Å². The number of alkyl halides is 17. The first-order valence-electron chi connectivity index (χ1n) is 12.9. The van der Waals surface area contributed by atoms with Crippen molar-refractivity contribution in [3.05, 3.63) is 24.3 Å². The summed E-state index contributed by atoms with van der Waals surface area (Å²) in [6, 6.07) is 5.97. The topological polar surface area (TPSA) is 29.5 Å². The molecule has 0 radical (unpaired) electrons. The molecular weight excluding hydrogens is 655 g/mol. The smallest absolute Gasteiger partial charge is 0.460 e. The fraction of sp³-hybridized carbons (Fsp3) is 0.760. The van der Waals surface area contributed by atoms with Gasteiger partial charge in [-0.2, -0.15) is 74.6 Å². The molecule has 258 valence electrons. The van der Waals surface area contributed by atoms with Crippen LogP contribution in [0.1, 0.15) is 64.2 Å². The van der Waals surface area contributed by atoms with Crippen LogP contribution in [0.2, 0.25) is 0 Å². The van der Waals surface area contributed by atoms with Crippen molar-refractivity contribution in [3.8, 4) is 11.5 Å². The number of phenols is 1. The maximum Gasteiger partial charge on any atom is 0.460 e. The molecule has 0 unspecified atom stereocenters. The Labute approximate surface area is 239 Å². The third-order valence-corrected chi connectivity index (χ3v) is 6.53. The number of ether oxygens (including phenoxy) is 1. The summed E-state index contributed by atoms with van der Waals surface area (Å²) in [6.45, 7) is 0.370. The molecule has 0 amide bonds. The van der Waals surface area contributed by atoms with Crippen LogP contribution in [0.4, 0.5) is 74.6 Å². The summed E-state index contributed by atoms with van der Waals surface area (Å²) in [5, 5.41) is 9.17. The third kappa shape index (κ3) is 7.88. The molecule has 1 N–H and O–H groups in total. The van der Waals surface area contributed by atoms with Crippen molar-refractivity contribution in [2.45, 2.75) is 112 Å². The summed E-state index contributed by atoms with van der Waals surface area (Å²) < 4.78 is 231. The van der Waals surface area contributed by atoms with Crippen LogP contribution in [-0.4, -0.2) is 59.3 Å². The number of unbranched alkanes of at least 4 members (excludes halogenated alkanes) is 8. The molecule has 1 rings (SSSR count). The second-order valence-corrected chi connectivity index (χ2v) is 9.92. The zero-order valence-electron chi connectivity index (χ0n) is 22.4. The lowest BCUT2D eigenvalue weighted by Gasteiger charge is -2.42. The monoisotopic (exact) mass is 682 g/mol. The van der Waals surface area contributed by atoms with Gasteiger partial charge in [0.05, 0.1) is 6.61 Å². The number of hydrogen-bond donors (Lipinski definition) is 1. The van der Waals surface area contributed by atoms with Crippen LogP contribution in [-0.2, 0) is 0 Å². The number of aromatic hydroxyl groups is 1. The molecule has 19 heteroatoms. The first-order chi connectivity index (χ1) is 19.7. The van der Waals surface area contributed by atoms with E-state index in [4.69, 9.17) is 9.84 Å². The minimum atomic E-state index is -8.60. The number of benzene rings is 1. The van der Waals surface area contributed by atoms with Crippen LogP contribution in [0.5, 0.6) is 11.5 Å². The Kier molecular flexibility index (Phi) is 12.6. The molecule has 0 saturated carbocycles. The normalized spacial score (nSPS) is 14.7. The molecule has 0 atom stereocenters. The minimum absolute atomic E-state index is 0.0367. The second-order valence-electron chi connectivity index (χ2n) is 9.92. The van der Waals surface area contributed by atoms with Gasteiger partial charge in [-0.3, -0.25) is 0 Å². The van der Waals surface area contributed by atoms with Gasteiger partial charge in [0, 0.05) is 6.42 Å². The SMILES string of the molecule is Oc1ccc(OCCCCCCCCCCCC(F)(F)C(F)(F)C(F)(F)C(F)(F)C(F)(F)C(F)(F)C(F)(F)C(F)(F)F)cc1. The molecule has 0 fully saturated rings. The Balaban J connectivity index is 2.62. The fourth-order valence-corrected chi connectivity index (χ4v) is 3.77. The van der Waals surface area contributed by atoms with Gasteiger partial charge in [-0.25, -0.2) is 0 Å². The highest BCUT2D eigenvalue weighted by atomic mass is 19.4. The van der Waals surface area contributed by atoms with Gasteiger partial charge in [0.25, 0.3) is 0 Å². The summed E-state index contributed by atoms with van der Waals surface area (Å²) in [5.74, 6) is -55.3. The summed E-state index contributed by atoms with van der Waals surface area (Å²) in [5.41, 5.74) is 0. The molecule has 0 aliphatic heterocycles. The van der Waals surface area contributed by atoms with Gasteiger partial charge < -0.3 is 9.84 Å². The average molecular weight is 682 g/mol. The number of halogens is 17. The highest BCUT2D eigenvalue weighted by Gasteiger charge is 2.95. The molecule has 0 aliphatic carbocycles. The van der Waals surface area contributed by atoms with Gasteiger partial charge in [-0.05, 0) is 37.1 Å². The molecule has 1 aromatic carbocycles. The largest absolute Gasteiger partial charge is 0.508 e. The Morgan fingerprint density at radius 3 is 1.18 bits per heavy atom. The van der Waals surface area contributed by atoms with Gasteiger partial charge in [-0.1, -0.05) is 44.9 Å². The van der Waals surface area contributed by atoms with E-state index in [1.807, 2.05) is 0 Å². The van der Waals surface area contributed by atoms with Crippen LogP contribution < -0.4 is 4.74 Å². The molecule has 0 aromatic heterocycles. The van der Waals surface area contributed by atoms with Gasteiger partial charge in [0.1, 0.15) is 11.5 Å². The molecule has 0 heterocycles. The van der Waals surface area contributed by atoms with Crippen molar-refractivity contribution in [1.29, 1.82) is 0 Å². The van der Waals surface area contributed by atoms with Gasteiger partial charge >= 0.3 is 47.6 Å². The van der Waals surface area contributed by atoms with Gasteiger partial charge in [0.2, 0.25) is 0 Å². The van der Waals surface area contributed by atoms with Crippen molar-refractivity contribution in [2.24, 2.45) is 0 Å². The zero-order chi connectivity index (χ0) is 34.5. The van der Waals surface area contributed by atoms with Crippen LogP contribution in [0.15, 0.2) is 24.3 Å². The van der Waals surface area contributed by atoms with E-state index in [0.29, 0.717) is 44.5 Å². The van der Waals surface area contributed by atoms with Crippen molar-refractivity contribution < 1.29 is 84.5 Å². The summed E-state index contributed by atoms with van der Waals surface area (Å²) in [6.07, 6.45) is -8.05. The minimum Gasteiger partial charge on any atom is -0.508 e. The molecule has 0 spiro atoms. The van der Waals surface area contributed by atoms with E-state index < -0.39 is 60.5 Å². The standard InChI is InChI=1S/C25H27F17O2/c26-18(27,14-8-6-4-2-1-3-5-7-9-15-44-17-12-10-16(43)11-13-17)19(28,29)20(30,31)21(32,33)22(34,35)23(36,37)24(38,39)25(40,41)42/h10-13,43H,1-9,14-15H2. The lowest BCUT2D eigenvalue weighted by atomic mass is 9.87. The van der Waals surface area contributed by atoms with E-state index >= 15 is 0 Å². The Bertz CT molecular complexity index is 1020. The van der Waals surface area contributed by atoms with E-state index in [9.17, 15) is 74.6 Å². The zero-order valence-corrected chi connectivity index (χ0v) is 22.4. The highest BCUT2D eigenvalue weighted by Crippen LogP contribution is 2.64. The number of phenolic OH excluding ortho intramolecular Hbond substituents is 1. The second kappa shape index (κ2) is 14.0. The maximum atomic E-state index is 13.9. The predicted octanol–water partition coefficient (Wildman–Crippen LogP) is 10.7. The van der Waals surface area contributed by atoms with Crippen molar-refractivity contribution in [1.82, 2.24) is 0 Å². The summed E-state index contributed by atoms with van der Waals surface area (Å²) in [4.78, 5) is 0. The Morgan fingerprint density at radius 2 is 0.773 bits per heavy atom. The van der Waals surface area contributed by atoms with Gasteiger partial charge in [-0.15, -0.1) is 0 Å². The van der Waals surface area contributed by atoms with E-state index in [1.165, 1.54) is 12.1 Å². The molecule has 0 bridgehead atoms. The number of hydrogen-bond acceptors (Lipinski definition) is 2. The highest BCUT2D eigenvalue weighted by molar-refractivity contribution is 5.30. The fourth-order valence-electron chi connectivity index (χ4n) is 3.77. The molecule has 0 aliphatic rings. The van der Waals surface area contributed by atoms with E-state index in [1.54, 1.807) is 12.1 Å². The summed E-state index contributed by atoms with van der Waals surface area (Å²) >= 11 is 0. The van der Waals surface area contributed by atoms with Crippen molar-refractivity contribution >= 4 is 0 Å². The number of rotatable bonds is 19. The van der Waals surface area contributed by atoms with Crippen molar-refractivity contribution in [3.63, 3.8) is 0 Å². The lowest BCUT2D eigenvalue weighted by molar-refractivity contribution is -0.461. The third-order valence-electron chi connectivity index (χ3n) is 6.53. The predicted molar refractivity (Wildman–Crippen MR) is 120 cm³/mol. The maximum absolute atomic E-state index is 13.9. The molecule has 0 saturated heterocycles. The first-order valence-corrected chi connectivity index (χ1v) is 12.9. The van der Waals surface area contributed by atoms with E-state index in [-0.39, 0.29) is 18.6 Å². The molecular formula is C25H27F17O2. The first kappa shape index (κ1) is 39.7.